The predicted molar refractivity (Wildman–Crippen MR) is 119 cm³/mol. The maximum atomic E-state index is 12.8. The van der Waals surface area contributed by atoms with Crippen LogP contribution in [0.25, 0.3) is 11.0 Å². The summed E-state index contributed by atoms with van der Waals surface area (Å²) in [5.41, 5.74) is 8.00. The summed E-state index contributed by atoms with van der Waals surface area (Å²) in [4.78, 5) is 26.8. The highest BCUT2D eigenvalue weighted by Gasteiger charge is 2.34. The SMILES string of the molecule is CCC(NC(=O)CC1(N)CCN(c2ncnc3[nH]ccc23)CC1)c1ccc(Cl)cc1. The molecule has 4 rings (SSSR count). The van der Waals surface area contributed by atoms with E-state index in [1.165, 1.54) is 0 Å². The minimum absolute atomic E-state index is 0.0113. The lowest BCUT2D eigenvalue weighted by molar-refractivity contribution is -0.123. The molecule has 0 saturated carbocycles. The van der Waals surface area contributed by atoms with Gasteiger partial charge in [0.25, 0.3) is 0 Å². The largest absolute Gasteiger partial charge is 0.356 e. The van der Waals surface area contributed by atoms with Gasteiger partial charge in [0, 0.05) is 36.3 Å². The monoisotopic (exact) mass is 426 g/mol. The van der Waals surface area contributed by atoms with Crippen molar-refractivity contribution < 1.29 is 4.79 Å². The number of nitrogens with one attached hydrogen (secondary N) is 2. The molecule has 2 aromatic heterocycles. The molecule has 3 heterocycles. The van der Waals surface area contributed by atoms with Crippen molar-refractivity contribution >= 4 is 34.4 Å². The number of amides is 1. The Morgan fingerprint density at radius 1 is 1.27 bits per heavy atom. The number of hydrogen-bond acceptors (Lipinski definition) is 5. The number of fused-ring (bicyclic) bond motifs is 1. The summed E-state index contributed by atoms with van der Waals surface area (Å²) in [5.74, 6) is 0.907. The third-order valence-electron chi connectivity index (χ3n) is 5.92. The Balaban J connectivity index is 1.36. The molecule has 1 atom stereocenters. The topological polar surface area (TPSA) is 99.9 Å². The van der Waals surface area contributed by atoms with Gasteiger partial charge in [-0.1, -0.05) is 30.7 Å². The lowest BCUT2D eigenvalue weighted by atomic mass is 9.85. The average molecular weight is 427 g/mol. The minimum atomic E-state index is -0.511. The first-order chi connectivity index (χ1) is 14.5. The summed E-state index contributed by atoms with van der Waals surface area (Å²) in [5, 5.41) is 4.83. The van der Waals surface area contributed by atoms with E-state index in [9.17, 15) is 4.79 Å². The molecule has 7 nitrogen and oxygen atoms in total. The van der Waals surface area contributed by atoms with Gasteiger partial charge in [-0.05, 0) is 43.0 Å². The Morgan fingerprint density at radius 2 is 2.00 bits per heavy atom. The highest BCUT2D eigenvalue weighted by Crippen LogP contribution is 2.30. The summed E-state index contributed by atoms with van der Waals surface area (Å²) in [6.07, 6.45) is 6.03. The molecule has 0 bridgehead atoms. The van der Waals surface area contributed by atoms with E-state index < -0.39 is 5.54 Å². The highest BCUT2D eigenvalue weighted by atomic mass is 35.5. The lowest BCUT2D eigenvalue weighted by Gasteiger charge is -2.39. The number of nitrogens with two attached hydrogens (primary N) is 1. The molecule has 1 aliphatic rings. The molecule has 4 N–H and O–H groups in total. The van der Waals surface area contributed by atoms with E-state index >= 15 is 0 Å². The Kier molecular flexibility index (Phi) is 5.92. The van der Waals surface area contributed by atoms with Gasteiger partial charge >= 0.3 is 0 Å². The van der Waals surface area contributed by atoms with E-state index in [0.29, 0.717) is 11.4 Å². The van der Waals surface area contributed by atoms with Gasteiger partial charge in [0.1, 0.15) is 17.8 Å². The molecule has 1 saturated heterocycles. The van der Waals surface area contributed by atoms with Gasteiger partial charge in [-0.3, -0.25) is 4.79 Å². The van der Waals surface area contributed by atoms with Crippen LogP contribution in [0.2, 0.25) is 5.02 Å². The van der Waals surface area contributed by atoms with E-state index in [2.05, 4.69) is 32.1 Å². The van der Waals surface area contributed by atoms with Gasteiger partial charge in [-0.25, -0.2) is 9.97 Å². The van der Waals surface area contributed by atoms with Crippen LogP contribution in [-0.2, 0) is 4.79 Å². The highest BCUT2D eigenvalue weighted by molar-refractivity contribution is 6.30. The zero-order valence-corrected chi connectivity index (χ0v) is 17.8. The van der Waals surface area contributed by atoms with Crippen molar-refractivity contribution in [2.75, 3.05) is 18.0 Å². The zero-order chi connectivity index (χ0) is 21.1. The number of carbonyl (C=O) groups is 1. The van der Waals surface area contributed by atoms with Crippen LogP contribution in [0.15, 0.2) is 42.9 Å². The van der Waals surface area contributed by atoms with Gasteiger partial charge in [-0.2, -0.15) is 0 Å². The molecule has 0 spiro atoms. The Hall–Kier alpha value is -2.64. The van der Waals surface area contributed by atoms with Crippen LogP contribution in [0, 0.1) is 0 Å². The predicted octanol–water partition coefficient (Wildman–Crippen LogP) is 3.57. The number of piperidine rings is 1. The van der Waals surface area contributed by atoms with Crippen LogP contribution < -0.4 is 16.0 Å². The van der Waals surface area contributed by atoms with Gasteiger partial charge < -0.3 is 20.9 Å². The Bertz CT molecular complexity index is 1010. The molecule has 1 unspecified atom stereocenters. The van der Waals surface area contributed by atoms with Crippen molar-refractivity contribution in [2.45, 2.75) is 44.2 Å². The molecule has 8 heteroatoms. The number of halogens is 1. The summed E-state index contributed by atoms with van der Waals surface area (Å²) in [6.45, 7) is 3.57. The molecule has 30 heavy (non-hydrogen) atoms. The van der Waals surface area contributed by atoms with E-state index in [-0.39, 0.29) is 11.9 Å². The Labute approximate surface area is 181 Å². The summed E-state index contributed by atoms with van der Waals surface area (Å²) >= 11 is 5.98. The fraction of sp³-hybridized carbons (Fsp3) is 0.409. The summed E-state index contributed by atoms with van der Waals surface area (Å²) in [7, 11) is 0. The number of nitrogens with zero attached hydrogens (tertiary/aromatic N) is 3. The van der Waals surface area contributed by atoms with Crippen LogP contribution in [0.1, 0.15) is 44.2 Å². The molecule has 1 aliphatic heterocycles. The van der Waals surface area contributed by atoms with Crippen LogP contribution in [0.5, 0.6) is 0 Å². The number of rotatable bonds is 6. The minimum Gasteiger partial charge on any atom is -0.356 e. The standard InChI is InChI=1S/C22H27ClN6O/c1-2-18(15-3-5-16(23)6-4-15)28-19(30)13-22(24)8-11-29(12-9-22)21-17-7-10-25-20(17)26-14-27-21/h3-7,10,14,18H,2,8-9,11-13,24H2,1H3,(H,28,30)(H,25,26,27). The number of aromatic nitrogens is 3. The Morgan fingerprint density at radius 3 is 2.70 bits per heavy atom. The van der Waals surface area contributed by atoms with Crippen LogP contribution in [-0.4, -0.2) is 39.5 Å². The summed E-state index contributed by atoms with van der Waals surface area (Å²) in [6, 6.07) is 9.56. The van der Waals surface area contributed by atoms with Crippen molar-refractivity contribution in [1.82, 2.24) is 20.3 Å². The van der Waals surface area contributed by atoms with E-state index in [1.54, 1.807) is 6.33 Å². The average Bonchev–Trinajstić information content (AvgIpc) is 3.22. The smallest absolute Gasteiger partial charge is 0.222 e. The molecule has 1 aromatic carbocycles. The molecule has 3 aromatic rings. The number of carbonyl (C=O) groups excluding carboxylic acids is 1. The first-order valence-electron chi connectivity index (χ1n) is 10.3. The van der Waals surface area contributed by atoms with Crippen molar-refractivity contribution in [3.63, 3.8) is 0 Å². The molecular formula is C22H27ClN6O. The molecule has 1 fully saturated rings. The van der Waals surface area contributed by atoms with Gasteiger partial charge in [0.2, 0.25) is 5.91 Å². The fourth-order valence-corrected chi connectivity index (χ4v) is 4.26. The first kappa shape index (κ1) is 20.6. The molecular weight excluding hydrogens is 400 g/mol. The van der Waals surface area contributed by atoms with Crippen LogP contribution in [0.3, 0.4) is 0 Å². The second kappa shape index (κ2) is 8.62. The van der Waals surface area contributed by atoms with Crippen molar-refractivity contribution in [3.05, 3.63) is 53.4 Å². The number of H-pyrrole nitrogens is 1. The van der Waals surface area contributed by atoms with E-state index in [4.69, 9.17) is 17.3 Å². The van der Waals surface area contributed by atoms with Crippen LogP contribution in [0.4, 0.5) is 5.82 Å². The molecule has 1 amide bonds. The second-order valence-electron chi connectivity index (χ2n) is 8.04. The van der Waals surface area contributed by atoms with Crippen molar-refractivity contribution in [1.29, 1.82) is 0 Å². The summed E-state index contributed by atoms with van der Waals surface area (Å²) < 4.78 is 0. The number of aromatic amines is 1. The quantitative estimate of drug-likeness (QED) is 0.559. The van der Waals surface area contributed by atoms with Crippen molar-refractivity contribution in [3.8, 4) is 0 Å². The maximum Gasteiger partial charge on any atom is 0.222 e. The molecule has 158 valence electrons. The normalized spacial score (nSPS) is 17.1. The molecule has 0 aliphatic carbocycles. The maximum absolute atomic E-state index is 12.8. The van der Waals surface area contributed by atoms with Gasteiger partial charge in [0.05, 0.1) is 11.4 Å². The first-order valence-corrected chi connectivity index (χ1v) is 10.7. The third-order valence-corrected chi connectivity index (χ3v) is 6.17. The van der Waals surface area contributed by atoms with Crippen molar-refractivity contribution in [2.24, 2.45) is 5.73 Å². The second-order valence-corrected chi connectivity index (χ2v) is 8.48. The van der Waals surface area contributed by atoms with Gasteiger partial charge in [-0.15, -0.1) is 0 Å². The number of anilines is 1. The number of benzene rings is 1. The lowest BCUT2D eigenvalue weighted by Crippen LogP contribution is -2.53. The third kappa shape index (κ3) is 4.42. The van der Waals surface area contributed by atoms with E-state index in [0.717, 1.165) is 54.8 Å². The zero-order valence-electron chi connectivity index (χ0n) is 17.1. The van der Waals surface area contributed by atoms with E-state index in [1.807, 2.05) is 36.5 Å². The van der Waals surface area contributed by atoms with Crippen LogP contribution >= 0.6 is 11.6 Å². The van der Waals surface area contributed by atoms with Gasteiger partial charge in [0.15, 0.2) is 0 Å². The number of hydrogen-bond donors (Lipinski definition) is 3. The fourth-order valence-electron chi connectivity index (χ4n) is 4.13. The molecule has 0 radical (unpaired) electrons.